The van der Waals surface area contributed by atoms with Gasteiger partial charge in [-0.15, -0.1) is 0 Å². The van der Waals surface area contributed by atoms with Gasteiger partial charge in [0.15, 0.2) is 5.82 Å². The lowest BCUT2D eigenvalue weighted by Gasteiger charge is -2.39. The van der Waals surface area contributed by atoms with Crippen LogP contribution in [0, 0.1) is 0 Å². The summed E-state index contributed by atoms with van der Waals surface area (Å²) < 4.78 is 9.06. The number of hydrogen-bond donors (Lipinski definition) is 0. The molecule has 1 amide bonds. The Morgan fingerprint density at radius 2 is 1.57 bits per heavy atom. The first-order chi connectivity index (χ1) is 22.2. The van der Waals surface area contributed by atoms with Crippen LogP contribution in [0.2, 0.25) is 0 Å². The van der Waals surface area contributed by atoms with E-state index < -0.39 is 5.60 Å². The minimum absolute atomic E-state index is 0.177. The number of carbonyl (C=O) groups is 1. The van der Waals surface area contributed by atoms with E-state index in [1.54, 1.807) is 6.20 Å². The van der Waals surface area contributed by atoms with Gasteiger partial charge in [0.1, 0.15) is 11.3 Å². The first-order valence-electron chi connectivity index (χ1n) is 16.1. The van der Waals surface area contributed by atoms with Crippen LogP contribution in [0.5, 0.6) is 0 Å². The Balaban J connectivity index is 1.09. The molecule has 0 N–H and O–H groups in total. The van der Waals surface area contributed by atoms with Gasteiger partial charge in [-0.3, -0.25) is 9.88 Å². The molecule has 1 aliphatic heterocycles. The first kappa shape index (κ1) is 32.0. The second kappa shape index (κ2) is 14.2. The van der Waals surface area contributed by atoms with Gasteiger partial charge in [-0.1, -0.05) is 82.7 Å². The Morgan fingerprint density at radius 3 is 2.26 bits per heavy atom. The zero-order valence-electron chi connectivity index (χ0n) is 26.9. The Bertz CT molecular complexity index is 1760. The topological polar surface area (TPSA) is 63.5 Å². The maximum Gasteiger partial charge on any atom is 0.410 e. The van der Waals surface area contributed by atoms with Crippen LogP contribution in [0.25, 0.3) is 22.6 Å². The maximum atomic E-state index is 13.3. The molecule has 7 nitrogen and oxygen atoms in total. The summed E-state index contributed by atoms with van der Waals surface area (Å²) in [4.78, 5) is 27.3. The average Bonchev–Trinajstić information content (AvgIpc) is 3.41. The van der Waals surface area contributed by atoms with Crippen LogP contribution in [0.4, 0.5) is 4.79 Å². The molecule has 1 aliphatic rings. The summed E-state index contributed by atoms with van der Waals surface area (Å²) in [7, 11) is 0. The highest BCUT2D eigenvalue weighted by Crippen LogP contribution is 2.27. The normalized spacial score (nSPS) is 14.4. The Morgan fingerprint density at radius 1 is 0.891 bits per heavy atom. The van der Waals surface area contributed by atoms with Crippen LogP contribution in [0.3, 0.4) is 0 Å². The average molecular weight is 681 g/mol. The van der Waals surface area contributed by atoms with Crippen molar-refractivity contribution < 1.29 is 9.53 Å². The Hall–Kier alpha value is -4.01. The van der Waals surface area contributed by atoms with Crippen LogP contribution in [-0.4, -0.2) is 61.7 Å². The van der Waals surface area contributed by atoms with Crippen LogP contribution in [0.1, 0.15) is 50.3 Å². The molecule has 0 bridgehead atoms. The Kier molecular flexibility index (Phi) is 9.85. The lowest BCUT2D eigenvalue weighted by atomic mass is 10.0. The molecule has 5 aromatic rings. The van der Waals surface area contributed by atoms with Gasteiger partial charge in [0.2, 0.25) is 0 Å². The number of para-hydroxylation sites is 2. The van der Waals surface area contributed by atoms with Gasteiger partial charge < -0.3 is 14.2 Å². The number of ether oxygens (including phenoxy) is 1. The van der Waals surface area contributed by atoms with E-state index in [1.807, 2.05) is 49.9 Å². The van der Waals surface area contributed by atoms with Crippen molar-refractivity contribution in [2.75, 3.05) is 19.6 Å². The van der Waals surface area contributed by atoms with Gasteiger partial charge in [-0.2, -0.15) is 0 Å². The largest absolute Gasteiger partial charge is 0.444 e. The van der Waals surface area contributed by atoms with E-state index in [4.69, 9.17) is 9.72 Å². The number of amides is 1. The van der Waals surface area contributed by atoms with Crippen molar-refractivity contribution in [1.29, 1.82) is 0 Å². The molecule has 0 radical (unpaired) electrons. The summed E-state index contributed by atoms with van der Waals surface area (Å²) in [6, 6.07) is 31.7. The number of pyridine rings is 1. The molecule has 0 unspecified atom stereocenters. The third kappa shape index (κ3) is 8.03. The van der Waals surface area contributed by atoms with Crippen LogP contribution < -0.4 is 0 Å². The van der Waals surface area contributed by atoms with E-state index >= 15 is 0 Å². The molecule has 46 heavy (non-hydrogen) atoms. The zero-order chi connectivity index (χ0) is 32.1. The van der Waals surface area contributed by atoms with E-state index in [1.165, 1.54) is 16.7 Å². The number of fused-ring (bicyclic) bond motifs is 1. The second-order valence-corrected chi connectivity index (χ2v) is 14.0. The highest BCUT2D eigenvalue weighted by atomic mass is 79.9. The molecule has 8 heteroatoms. The smallest absolute Gasteiger partial charge is 0.410 e. The summed E-state index contributed by atoms with van der Waals surface area (Å²) >= 11 is 3.58. The number of aromatic nitrogens is 3. The summed E-state index contributed by atoms with van der Waals surface area (Å²) in [6.45, 7) is 9.96. The van der Waals surface area contributed by atoms with E-state index in [2.05, 4.69) is 97.1 Å². The molecule has 0 atom stereocenters. The van der Waals surface area contributed by atoms with Crippen molar-refractivity contribution in [2.45, 2.75) is 64.8 Å². The standard InChI is InChI=1S/C38H42BrN5O2/c1-38(2,3)46-37(45)43(24-18-28-9-5-4-6-10-28)32-19-22-42(23-20-32)26-29-13-15-30(16-14-29)27-44-35-12-8-7-11-33(35)41-36(44)34-25-31(39)17-21-40-34/h4-17,21,25,32H,18-20,22-24,26-27H2,1-3H3. The molecule has 0 aliphatic carbocycles. The SMILES string of the molecule is CC(C)(C)OC(=O)N(CCc1ccccc1)C1CCN(Cc2ccc(Cn3c(-c4cc(Br)ccn4)nc4ccccc43)cc2)CC1. The summed E-state index contributed by atoms with van der Waals surface area (Å²) in [5.41, 5.74) is 6.12. The summed E-state index contributed by atoms with van der Waals surface area (Å²) in [5, 5.41) is 0. The molecular weight excluding hydrogens is 638 g/mol. The number of hydrogen-bond acceptors (Lipinski definition) is 5. The summed E-state index contributed by atoms with van der Waals surface area (Å²) in [5.74, 6) is 0.860. The van der Waals surface area contributed by atoms with E-state index in [9.17, 15) is 4.79 Å². The fourth-order valence-electron chi connectivity index (χ4n) is 6.18. The third-order valence-corrected chi connectivity index (χ3v) is 8.98. The van der Waals surface area contributed by atoms with E-state index in [0.29, 0.717) is 13.1 Å². The van der Waals surface area contributed by atoms with E-state index in [0.717, 1.165) is 65.9 Å². The van der Waals surface area contributed by atoms with Gasteiger partial charge in [0, 0.05) is 49.4 Å². The van der Waals surface area contributed by atoms with Gasteiger partial charge in [-0.05, 0) is 81.0 Å². The number of rotatable bonds is 9. The molecule has 0 saturated carbocycles. The van der Waals surface area contributed by atoms with Gasteiger partial charge in [0.25, 0.3) is 0 Å². The molecule has 1 saturated heterocycles. The first-order valence-corrected chi connectivity index (χ1v) is 16.9. The Labute approximate surface area is 280 Å². The van der Waals surface area contributed by atoms with Crippen molar-refractivity contribution in [3.63, 3.8) is 0 Å². The lowest BCUT2D eigenvalue weighted by molar-refractivity contribution is 0.00807. The number of nitrogens with zero attached hydrogens (tertiary/aromatic N) is 5. The molecule has 0 spiro atoms. The van der Waals surface area contributed by atoms with Crippen molar-refractivity contribution in [2.24, 2.45) is 0 Å². The molecule has 3 heterocycles. The lowest BCUT2D eigenvalue weighted by Crippen LogP contribution is -2.49. The number of piperidine rings is 1. The van der Waals surface area contributed by atoms with Crippen molar-refractivity contribution in [1.82, 2.24) is 24.3 Å². The number of likely N-dealkylation sites (tertiary alicyclic amines) is 1. The minimum atomic E-state index is -0.517. The fourth-order valence-corrected chi connectivity index (χ4v) is 6.51. The quantitative estimate of drug-likeness (QED) is 0.157. The molecule has 6 rings (SSSR count). The predicted octanol–water partition coefficient (Wildman–Crippen LogP) is 8.35. The van der Waals surface area contributed by atoms with Crippen molar-refractivity contribution >= 4 is 33.1 Å². The zero-order valence-corrected chi connectivity index (χ0v) is 28.5. The molecule has 238 valence electrons. The monoisotopic (exact) mass is 679 g/mol. The summed E-state index contributed by atoms with van der Waals surface area (Å²) in [6.07, 6.45) is 4.29. The van der Waals surface area contributed by atoms with Gasteiger partial charge in [0.05, 0.1) is 11.0 Å². The second-order valence-electron chi connectivity index (χ2n) is 13.1. The van der Waals surface area contributed by atoms with E-state index in [-0.39, 0.29) is 12.1 Å². The molecule has 2 aromatic heterocycles. The highest BCUT2D eigenvalue weighted by molar-refractivity contribution is 9.10. The number of imidazole rings is 1. The number of carbonyl (C=O) groups excluding carboxylic acids is 1. The molecule has 3 aromatic carbocycles. The minimum Gasteiger partial charge on any atom is -0.444 e. The van der Waals surface area contributed by atoms with Crippen molar-refractivity contribution in [3.05, 3.63) is 118 Å². The van der Waals surface area contributed by atoms with Crippen LogP contribution in [0.15, 0.2) is 102 Å². The van der Waals surface area contributed by atoms with Gasteiger partial charge in [-0.25, -0.2) is 9.78 Å². The molecule has 1 fully saturated rings. The highest BCUT2D eigenvalue weighted by Gasteiger charge is 2.31. The third-order valence-electron chi connectivity index (χ3n) is 8.49. The van der Waals surface area contributed by atoms with Crippen LogP contribution >= 0.6 is 15.9 Å². The maximum absolute atomic E-state index is 13.3. The molecular formula is C38H42BrN5O2. The predicted molar refractivity (Wildman–Crippen MR) is 188 cm³/mol. The van der Waals surface area contributed by atoms with Gasteiger partial charge >= 0.3 is 6.09 Å². The van der Waals surface area contributed by atoms with Crippen molar-refractivity contribution in [3.8, 4) is 11.5 Å². The number of halogens is 1. The number of benzene rings is 3. The van der Waals surface area contributed by atoms with Crippen LogP contribution in [-0.2, 0) is 24.2 Å². The fraction of sp³-hybridized carbons (Fsp3) is 0.342.